The lowest BCUT2D eigenvalue weighted by molar-refractivity contribution is 0.128. The third-order valence-corrected chi connectivity index (χ3v) is 6.01. The van der Waals surface area contributed by atoms with Gasteiger partial charge >= 0.3 is 6.09 Å². The predicted molar refractivity (Wildman–Crippen MR) is 117 cm³/mol. The summed E-state index contributed by atoms with van der Waals surface area (Å²) in [4.78, 5) is 12.2. The number of halogens is 1. The lowest BCUT2D eigenvalue weighted by Gasteiger charge is -2.16. The molecule has 0 saturated heterocycles. The standard InChI is InChI=1S/C24H22BrNO3/c25-23-12-6-1-7-16(23)13-17(27)14-26-24(28)29-15-22-20-10-4-2-8-18(20)19-9-3-5-11-21(19)22/h1-12,17,22,27H,13-15H2,(H,26,28). The van der Waals surface area contributed by atoms with Crippen LogP contribution in [-0.4, -0.2) is 30.5 Å². The summed E-state index contributed by atoms with van der Waals surface area (Å²) in [6.45, 7) is 0.401. The summed E-state index contributed by atoms with van der Waals surface area (Å²) in [6.07, 6.45) is -0.752. The molecule has 1 unspecified atom stereocenters. The number of aliphatic hydroxyl groups excluding tert-OH is 1. The zero-order valence-corrected chi connectivity index (χ0v) is 17.4. The Hall–Kier alpha value is -2.63. The van der Waals surface area contributed by atoms with Gasteiger partial charge in [-0.1, -0.05) is 82.7 Å². The monoisotopic (exact) mass is 451 g/mol. The number of hydrogen-bond acceptors (Lipinski definition) is 3. The molecule has 148 valence electrons. The second-order valence-electron chi connectivity index (χ2n) is 7.16. The summed E-state index contributed by atoms with van der Waals surface area (Å²) in [5.41, 5.74) is 5.74. The van der Waals surface area contributed by atoms with Crippen LogP contribution in [0.1, 0.15) is 22.6 Å². The number of nitrogens with one attached hydrogen (secondary N) is 1. The first-order valence-corrected chi connectivity index (χ1v) is 10.4. The molecule has 5 heteroatoms. The van der Waals surface area contributed by atoms with Gasteiger partial charge in [0.25, 0.3) is 0 Å². The molecule has 0 heterocycles. The van der Waals surface area contributed by atoms with Crippen molar-refractivity contribution in [2.24, 2.45) is 0 Å². The summed E-state index contributed by atoms with van der Waals surface area (Å²) in [6, 6.07) is 24.2. The van der Waals surface area contributed by atoms with Crippen LogP contribution in [0.3, 0.4) is 0 Å². The van der Waals surface area contributed by atoms with Crippen LogP contribution in [0.5, 0.6) is 0 Å². The summed E-state index contributed by atoms with van der Waals surface area (Å²) >= 11 is 3.47. The molecule has 1 aliphatic carbocycles. The molecule has 1 aliphatic rings. The van der Waals surface area contributed by atoms with E-state index in [-0.39, 0.29) is 19.1 Å². The third kappa shape index (κ3) is 4.36. The summed E-state index contributed by atoms with van der Waals surface area (Å²) in [5.74, 6) is 0.0262. The van der Waals surface area contributed by atoms with E-state index in [1.54, 1.807) is 0 Å². The third-order valence-electron chi connectivity index (χ3n) is 5.24. The number of aliphatic hydroxyl groups is 1. The van der Waals surface area contributed by atoms with Gasteiger partial charge in [0.1, 0.15) is 6.61 Å². The van der Waals surface area contributed by atoms with Crippen molar-refractivity contribution < 1.29 is 14.6 Å². The van der Waals surface area contributed by atoms with E-state index in [2.05, 4.69) is 45.5 Å². The Morgan fingerprint density at radius 3 is 2.21 bits per heavy atom. The topological polar surface area (TPSA) is 58.6 Å². The van der Waals surface area contributed by atoms with Gasteiger partial charge in [-0.15, -0.1) is 0 Å². The van der Waals surface area contributed by atoms with Crippen molar-refractivity contribution in [2.45, 2.75) is 18.4 Å². The highest BCUT2D eigenvalue weighted by Gasteiger charge is 2.29. The lowest BCUT2D eigenvalue weighted by atomic mass is 9.98. The Morgan fingerprint density at radius 1 is 0.966 bits per heavy atom. The molecule has 1 amide bonds. The van der Waals surface area contributed by atoms with E-state index in [9.17, 15) is 9.90 Å². The molecule has 29 heavy (non-hydrogen) atoms. The second-order valence-corrected chi connectivity index (χ2v) is 8.01. The minimum Gasteiger partial charge on any atom is -0.449 e. The van der Waals surface area contributed by atoms with Crippen LogP contribution in [0, 0.1) is 0 Å². The Bertz CT molecular complexity index is 975. The van der Waals surface area contributed by atoms with Crippen LogP contribution in [0.4, 0.5) is 4.79 Å². The fourth-order valence-corrected chi connectivity index (χ4v) is 4.29. The normalized spacial score (nSPS) is 13.4. The molecular weight excluding hydrogens is 430 g/mol. The maximum absolute atomic E-state index is 12.2. The zero-order chi connectivity index (χ0) is 20.2. The second kappa shape index (κ2) is 8.80. The van der Waals surface area contributed by atoms with Crippen molar-refractivity contribution in [3.63, 3.8) is 0 Å². The fraction of sp³-hybridized carbons (Fsp3) is 0.208. The van der Waals surface area contributed by atoms with Crippen molar-refractivity contribution in [3.8, 4) is 11.1 Å². The Morgan fingerprint density at radius 2 is 1.55 bits per heavy atom. The van der Waals surface area contributed by atoms with Crippen LogP contribution < -0.4 is 5.32 Å². The molecular formula is C24H22BrNO3. The highest BCUT2D eigenvalue weighted by atomic mass is 79.9. The summed E-state index contributed by atoms with van der Waals surface area (Å²) in [7, 11) is 0. The molecule has 4 rings (SSSR count). The quantitative estimate of drug-likeness (QED) is 0.560. The van der Waals surface area contributed by atoms with Gasteiger partial charge in [-0.05, 0) is 33.9 Å². The molecule has 3 aromatic rings. The number of rotatable bonds is 6. The lowest BCUT2D eigenvalue weighted by Crippen LogP contribution is -2.34. The van der Waals surface area contributed by atoms with Crippen molar-refractivity contribution >= 4 is 22.0 Å². The largest absolute Gasteiger partial charge is 0.449 e. The molecule has 0 radical (unpaired) electrons. The number of carbonyl (C=O) groups is 1. The maximum Gasteiger partial charge on any atom is 0.407 e. The molecule has 0 bridgehead atoms. The van der Waals surface area contributed by atoms with Gasteiger partial charge in [0.05, 0.1) is 6.10 Å². The zero-order valence-electron chi connectivity index (χ0n) is 15.8. The summed E-state index contributed by atoms with van der Waals surface area (Å²) in [5, 5.41) is 12.9. The number of fused-ring (bicyclic) bond motifs is 3. The van der Waals surface area contributed by atoms with Crippen molar-refractivity contribution in [3.05, 3.63) is 94.0 Å². The van der Waals surface area contributed by atoms with Crippen LogP contribution in [-0.2, 0) is 11.2 Å². The van der Waals surface area contributed by atoms with E-state index in [1.807, 2.05) is 48.5 Å². The average Bonchev–Trinajstić information content (AvgIpc) is 3.06. The van der Waals surface area contributed by atoms with E-state index >= 15 is 0 Å². The van der Waals surface area contributed by atoms with Crippen LogP contribution in [0.25, 0.3) is 11.1 Å². The molecule has 2 N–H and O–H groups in total. The SMILES string of the molecule is O=C(NCC(O)Cc1ccccc1Br)OCC1c2ccccc2-c2ccccc21. The molecule has 0 fully saturated rings. The Kier molecular flexibility index (Phi) is 5.97. The van der Waals surface area contributed by atoms with Gasteiger partial charge in [-0.25, -0.2) is 4.79 Å². The van der Waals surface area contributed by atoms with Gasteiger partial charge in [0, 0.05) is 23.4 Å². The van der Waals surface area contributed by atoms with E-state index in [0.717, 1.165) is 10.0 Å². The van der Waals surface area contributed by atoms with Gasteiger partial charge in [-0.2, -0.15) is 0 Å². The first-order valence-electron chi connectivity index (χ1n) is 9.64. The Labute approximate surface area is 178 Å². The fourth-order valence-electron chi connectivity index (χ4n) is 3.84. The molecule has 3 aromatic carbocycles. The smallest absolute Gasteiger partial charge is 0.407 e. The van der Waals surface area contributed by atoms with Gasteiger partial charge in [-0.3, -0.25) is 0 Å². The Balaban J connectivity index is 1.33. The molecule has 0 spiro atoms. The highest BCUT2D eigenvalue weighted by Crippen LogP contribution is 2.44. The first kappa shape index (κ1) is 19.7. The molecule has 1 atom stereocenters. The van der Waals surface area contributed by atoms with E-state index in [1.165, 1.54) is 22.3 Å². The predicted octanol–water partition coefficient (Wildman–Crippen LogP) is 4.89. The highest BCUT2D eigenvalue weighted by molar-refractivity contribution is 9.10. The number of alkyl carbamates (subject to hydrolysis) is 1. The molecule has 0 aliphatic heterocycles. The van der Waals surface area contributed by atoms with Crippen LogP contribution in [0.15, 0.2) is 77.3 Å². The summed E-state index contributed by atoms with van der Waals surface area (Å²) < 4.78 is 6.44. The van der Waals surface area contributed by atoms with Gasteiger partial charge in [0.15, 0.2) is 0 Å². The number of amides is 1. The van der Waals surface area contributed by atoms with E-state index < -0.39 is 12.2 Å². The van der Waals surface area contributed by atoms with Crippen LogP contribution >= 0.6 is 15.9 Å². The number of hydrogen-bond donors (Lipinski definition) is 2. The molecule has 4 nitrogen and oxygen atoms in total. The van der Waals surface area contributed by atoms with E-state index in [0.29, 0.717) is 6.42 Å². The molecule has 0 aromatic heterocycles. The minimum atomic E-state index is -0.686. The number of carbonyl (C=O) groups excluding carboxylic acids is 1. The van der Waals surface area contributed by atoms with Gasteiger partial charge in [0.2, 0.25) is 0 Å². The maximum atomic E-state index is 12.2. The molecule has 0 saturated carbocycles. The average molecular weight is 452 g/mol. The van der Waals surface area contributed by atoms with E-state index in [4.69, 9.17) is 4.74 Å². The van der Waals surface area contributed by atoms with Crippen molar-refractivity contribution in [2.75, 3.05) is 13.2 Å². The van der Waals surface area contributed by atoms with Gasteiger partial charge < -0.3 is 15.2 Å². The minimum absolute atomic E-state index is 0.0262. The first-order chi connectivity index (χ1) is 14.1. The number of benzene rings is 3. The van der Waals surface area contributed by atoms with Crippen molar-refractivity contribution in [1.82, 2.24) is 5.32 Å². The number of ether oxygens (including phenoxy) is 1. The van der Waals surface area contributed by atoms with Crippen molar-refractivity contribution in [1.29, 1.82) is 0 Å². The van der Waals surface area contributed by atoms with Crippen LogP contribution in [0.2, 0.25) is 0 Å².